The zero-order valence-electron chi connectivity index (χ0n) is 27.8. The molecule has 56 heavy (non-hydrogen) atoms. The predicted molar refractivity (Wildman–Crippen MR) is 214 cm³/mol. The van der Waals surface area contributed by atoms with Crippen LogP contribution in [0.5, 0.6) is 0 Å². The van der Waals surface area contributed by atoms with Gasteiger partial charge in [-0.25, -0.2) is 36.8 Å². The average molecular weight is 833 g/mol. The number of rotatable bonds is 8. The largest absolute Gasteiger partial charge is 0.324 e. The molecule has 0 fully saturated rings. The Kier molecular flexibility index (Phi) is 8.81. The molecule has 4 aromatic carbocycles. The fourth-order valence-corrected chi connectivity index (χ4v) is 8.31. The Bertz CT molecular complexity index is 3110. The summed E-state index contributed by atoms with van der Waals surface area (Å²) in [5.41, 5.74) is -1.01. The van der Waals surface area contributed by atoms with Gasteiger partial charge in [0.15, 0.2) is 0 Å². The maximum Gasteiger partial charge on any atom is 0.259 e. The lowest BCUT2D eigenvalue weighted by atomic mass is 10.1. The van der Waals surface area contributed by atoms with Gasteiger partial charge in [0.1, 0.15) is 45.2 Å². The summed E-state index contributed by atoms with van der Waals surface area (Å²) >= 11 is -11.6. The smallest absolute Gasteiger partial charge is 0.259 e. The van der Waals surface area contributed by atoms with Crippen molar-refractivity contribution in [3.63, 3.8) is 0 Å². The minimum absolute atomic E-state index is 0.0825. The van der Waals surface area contributed by atoms with Gasteiger partial charge >= 0.3 is 0 Å². The molecule has 0 amide bonds. The Morgan fingerprint density at radius 1 is 0.375 bits per heavy atom. The third-order valence-electron chi connectivity index (χ3n) is 8.88. The first-order chi connectivity index (χ1) is 27.0. The minimum atomic E-state index is -2.91. The first-order valence-electron chi connectivity index (χ1n) is 16.0. The van der Waals surface area contributed by atoms with E-state index < -0.39 is 67.8 Å². The molecule has 0 spiro atoms. The summed E-state index contributed by atoms with van der Waals surface area (Å²) in [7, 11) is 0. The molecule has 0 saturated carbocycles. The molecule has 12 N–H and O–H groups in total. The van der Waals surface area contributed by atoms with E-state index in [4.69, 9.17) is 20.0 Å². The summed E-state index contributed by atoms with van der Waals surface area (Å²) in [6.45, 7) is 0. The van der Waals surface area contributed by atoms with Gasteiger partial charge in [-0.05, 0) is 0 Å². The van der Waals surface area contributed by atoms with Crippen molar-refractivity contribution in [2.45, 2.75) is 0 Å². The number of hydrogen-bond donors (Lipinski definition) is 12. The Hall–Kier alpha value is -6.12. The highest BCUT2D eigenvalue weighted by Gasteiger charge is 2.28. The van der Waals surface area contributed by atoms with E-state index in [9.17, 15) is 35.0 Å². The molecule has 0 aliphatic carbocycles. The summed E-state index contributed by atoms with van der Waals surface area (Å²) < 4.78 is 98.9. The third-order valence-corrected chi connectivity index (χ3v) is 10.4. The maximum absolute atomic E-state index is 12.5. The van der Waals surface area contributed by atoms with Crippen LogP contribution in [0.4, 0.5) is 46.0 Å². The second kappa shape index (κ2) is 13.9. The van der Waals surface area contributed by atoms with Crippen LogP contribution in [0, 0.1) is 0 Å². The van der Waals surface area contributed by atoms with Crippen LogP contribution in [0.15, 0.2) is 92.8 Å². The number of aromatic nitrogens is 4. The fourth-order valence-electron chi connectivity index (χ4n) is 6.79. The van der Waals surface area contributed by atoms with Crippen LogP contribution >= 0.6 is 0 Å². The van der Waals surface area contributed by atoms with Crippen molar-refractivity contribution >= 4 is 134 Å². The number of H-pyrrole nitrogens is 4. The Morgan fingerprint density at radius 2 is 0.643 bits per heavy atom. The quantitative estimate of drug-likeness (QED) is 0.0994. The lowest BCUT2D eigenvalue weighted by molar-refractivity contribution is 0.567. The van der Waals surface area contributed by atoms with Crippen molar-refractivity contribution in [3.05, 3.63) is 94.7 Å². The predicted octanol–water partition coefficient (Wildman–Crippen LogP) is 3.92. The molecule has 4 unspecified atom stereocenters. The molecular weight excluding hydrogens is 809 g/mol. The highest BCUT2D eigenvalue weighted by atomic mass is 32.2. The van der Waals surface area contributed by atoms with Crippen LogP contribution in [-0.2, 0) is 45.1 Å². The number of hydrogen-bond acceptors (Lipinski definition) is 8. The highest BCUT2D eigenvalue weighted by molar-refractivity contribution is 7.81. The van der Waals surface area contributed by atoms with Crippen molar-refractivity contribution in [2.24, 2.45) is 20.0 Å². The minimum Gasteiger partial charge on any atom is -0.324 e. The average Bonchev–Trinajstić information content (AvgIpc) is 3.89. The lowest BCUT2D eigenvalue weighted by Gasteiger charge is -2.20. The van der Waals surface area contributed by atoms with Gasteiger partial charge in [0.2, 0.25) is 0 Å². The molecule has 9 rings (SSSR count). The van der Waals surface area contributed by atoms with Crippen LogP contribution in [0.25, 0.3) is 43.1 Å². The van der Waals surface area contributed by atoms with Crippen molar-refractivity contribution in [1.82, 2.24) is 19.9 Å². The molecule has 0 saturated heterocycles. The standard InChI is InChI=1S/C32H24N12O8S4/c45-53(46)41-21-19-20(22(42-54(47)48)24(44-56(51)52)23(21)43-55(49)50)32-39-30-18-12-6-4-10-16(18)28(37-30)35-26-14-8-2-1-7-13(14)25(33-26)34-27-15-9-3-5-11-17(15)29(36-27)38-31(19)40-32/h1-12,41-44H,(H,45,46)(H,47,48)(H,49,50)(H,51,52)(H4,33,34,35,36,37,38,39,40). The highest BCUT2D eigenvalue weighted by Crippen LogP contribution is 2.45. The monoisotopic (exact) mass is 832 g/mol. The summed E-state index contributed by atoms with van der Waals surface area (Å²) in [4.78, 5) is 32.7. The Labute approximate surface area is 321 Å². The molecule has 8 aromatic rings. The SMILES string of the molecule is O=S(O)Nc1c(NS(=O)O)c(NS(=O)O)c2c3[nH]c(c2c1NS(=O)O)=Nc1[nH]c(c2ccccc12)N=c1[nH]c(c2ccccc12)=Nc1[nH]c(c2ccccc12)N=3. The second-order valence-electron chi connectivity index (χ2n) is 12.0. The number of benzene rings is 4. The molecule has 0 radical (unpaired) electrons. The number of nitrogens with zero attached hydrogens (tertiary/aromatic N) is 4. The summed E-state index contributed by atoms with van der Waals surface area (Å²) in [5.74, 6) is 1.29. The molecule has 4 aromatic heterocycles. The van der Waals surface area contributed by atoms with Crippen molar-refractivity contribution < 1.29 is 35.0 Å². The van der Waals surface area contributed by atoms with Crippen LogP contribution in [0.1, 0.15) is 0 Å². The molecule has 5 heterocycles. The molecule has 1 aliphatic rings. The van der Waals surface area contributed by atoms with E-state index in [1.165, 1.54) is 0 Å². The molecule has 284 valence electrons. The van der Waals surface area contributed by atoms with Crippen molar-refractivity contribution in [3.8, 4) is 0 Å². The van der Waals surface area contributed by atoms with Crippen molar-refractivity contribution in [1.29, 1.82) is 0 Å². The first-order valence-corrected chi connectivity index (χ1v) is 20.4. The third kappa shape index (κ3) is 6.14. The fraction of sp³-hybridized carbons (Fsp3) is 0. The molecular formula is C32H24N12O8S4. The topological polar surface area (TPSA) is 310 Å². The number of anilines is 4. The summed E-state index contributed by atoms with van der Waals surface area (Å²) in [6.07, 6.45) is 0. The van der Waals surface area contributed by atoms with Crippen LogP contribution in [0.3, 0.4) is 0 Å². The number of fused-ring (bicyclic) bond motifs is 20. The van der Waals surface area contributed by atoms with E-state index in [1.807, 2.05) is 48.5 Å². The summed E-state index contributed by atoms with van der Waals surface area (Å²) in [5, 5.41) is 3.87. The molecule has 24 heteroatoms. The van der Waals surface area contributed by atoms with Gasteiger partial charge in [-0.15, -0.1) is 0 Å². The Morgan fingerprint density at radius 3 is 0.964 bits per heavy atom. The van der Waals surface area contributed by atoms with E-state index in [1.54, 1.807) is 24.3 Å². The Balaban J connectivity index is 1.54. The molecule has 4 atom stereocenters. The lowest BCUT2D eigenvalue weighted by Crippen LogP contribution is -2.17. The van der Waals surface area contributed by atoms with Gasteiger partial charge < -0.3 is 19.9 Å². The van der Waals surface area contributed by atoms with Crippen LogP contribution in [0.2, 0.25) is 0 Å². The van der Waals surface area contributed by atoms with E-state index in [-0.39, 0.29) is 33.4 Å². The van der Waals surface area contributed by atoms with E-state index in [0.29, 0.717) is 44.2 Å². The van der Waals surface area contributed by atoms with Crippen LogP contribution < -0.4 is 40.8 Å². The van der Waals surface area contributed by atoms with Crippen molar-refractivity contribution in [2.75, 3.05) is 18.9 Å². The maximum atomic E-state index is 12.5. The van der Waals surface area contributed by atoms with E-state index >= 15 is 0 Å². The number of nitrogens with one attached hydrogen (secondary N) is 8. The second-order valence-corrected chi connectivity index (χ2v) is 14.8. The van der Waals surface area contributed by atoms with Gasteiger partial charge in [-0.1, -0.05) is 72.8 Å². The van der Waals surface area contributed by atoms with Crippen LogP contribution in [-0.4, -0.2) is 55.0 Å². The zero-order chi connectivity index (χ0) is 38.8. The summed E-state index contributed by atoms with van der Waals surface area (Å²) in [6, 6.07) is 22.1. The molecule has 1 aliphatic heterocycles. The van der Waals surface area contributed by atoms with Gasteiger partial charge in [-0.3, -0.25) is 37.1 Å². The van der Waals surface area contributed by atoms with Gasteiger partial charge in [0, 0.05) is 32.3 Å². The first kappa shape index (κ1) is 35.6. The zero-order valence-corrected chi connectivity index (χ0v) is 31.0. The molecule has 8 bridgehead atoms. The van der Waals surface area contributed by atoms with Gasteiger partial charge in [0.05, 0.1) is 33.5 Å². The molecule has 20 nitrogen and oxygen atoms in total. The van der Waals surface area contributed by atoms with E-state index in [2.05, 4.69) is 38.8 Å². The normalized spacial score (nSPS) is 14.6. The van der Waals surface area contributed by atoms with E-state index in [0.717, 1.165) is 10.8 Å². The van der Waals surface area contributed by atoms with Gasteiger partial charge in [0.25, 0.3) is 45.1 Å². The van der Waals surface area contributed by atoms with Gasteiger partial charge in [-0.2, -0.15) is 0 Å². The number of aromatic amines is 4.